The van der Waals surface area contributed by atoms with Crippen LogP contribution >= 0.6 is 11.6 Å². The number of halogens is 1. The molecular weight excluding hydrogens is 468 g/mol. The minimum Gasteiger partial charge on any atom is -0.369 e. The summed E-state index contributed by atoms with van der Waals surface area (Å²) in [5, 5.41) is 15.4. The molecule has 0 saturated carbocycles. The molecule has 35 heavy (non-hydrogen) atoms. The second-order valence-electron chi connectivity index (χ2n) is 8.19. The van der Waals surface area contributed by atoms with Gasteiger partial charge in [0.15, 0.2) is 0 Å². The highest BCUT2D eigenvalue weighted by atomic mass is 35.5. The van der Waals surface area contributed by atoms with Crippen LogP contribution in [-0.4, -0.2) is 47.1 Å². The van der Waals surface area contributed by atoms with Crippen molar-refractivity contribution in [2.24, 2.45) is 0 Å². The maximum absolute atomic E-state index is 12.9. The Balaban J connectivity index is 1.37. The van der Waals surface area contributed by atoms with Crippen LogP contribution in [0.3, 0.4) is 0 Å². The van der Waals surface area contributed by atoms with E-state index >= 15 is 0 Å². The monoisotopic (exact) mass is 492 g/mol. The summed E-state index contributed by atoms with van der Waals surface area (Å²) in [4.78, 5) is 39.3. The topological polar surface area (TPSA) is 119 Å². The van der Waals surface area contributed by atoms with E-state index in [1.54, 1.807) is 25.1 Å². The average molecular weight is 493 g/mol. The molecule has 0 radical (unpaired) electrons. The third-order valence-electron chi connectivity index (χ3n) is 5.77. The van der Waals surface area contributed by atoms with Crippen LogP contribution in [0.4, 0.5) is 17.1 Å². The number of carbonyl (C=O) groups excluding carboxylic acids is 3. The van der Waals surface area contributed by atoms with E-state index in [0.717, 1.165) is 24.2 Å². The molecule has 1 aliphatic heterocycles. The fraction of sp³-hybridized carbons (Fsp3) is 0.200. The Morgan fingerprint density at radius 1 is 1.14 bits per heavy atom. The zero-order valence-corrected chi connectivity index (χ0v) is 19.9. The normalized spacial score (nSPS) is 14.9. The molecule has 180 valence electrons. The molecule has 4 N–H and O–H groups in total. The number of aromatic nitrogens is 2. The summed E-state index contributed by atoms with van der Waals surface area (Å²) in [6, 6.07) is 12.6. The van der Waals surface area contributed by atoms with E-state index in [0.29, 0.717) is 22.8 Å². The predicted octanol–water partition coefficient (Wildman–Crippen LogP) is 3.76. The smallest absolute Gasteiger partial charge is 0.271 e. The van der Waals surface area contributed by atoms with Crippen LogP contribution in [-0.2, 0) is 4.79 Å². The van der Waals surface area contributed by atoms with Gasteiger partial charge in [-0.05, 0) is 55.3 Å². The van der Waals surface area contributed by atoms with Crippen LogP contribution in [0.2, 0.25) is 5.02 Å². The summed E-state index contributed by atoms with van der Waals surface area (Å²) in [7, 11) is 0. The van der Waals surface area contributed by atoms with Crippen molar-refractivity contribution in [1.82, 2.24) is 15.5 Å². The minimum atomic E-state index is -0.414. The number of hydrogen-bond acceptors (Lipinski definition) is 5. The summed E-state index contributed by atoms with van der Waals surface area (Å²) in [5.41, 5.74) is 3.20. The molecule has 1 atom stereocenters. The Bertz CT molecular complexity index is 1250. The molecule has 0 spiro atoms. The zero-order chi connectivity index (χ0) is 24.9. The third kappa shape index (κ3) is 5.52. The van der Waals surface area contributed by atoms with Gasteiger partial charge in [0.2, 0.25) is 5.91 Å². The number of aromatic amines is 1. The van der Waals surface area contributed by atoms with Gasteiger partial charge in [-0.3, -0.25) is 19.5 Å². The lowest BCUT2D eigenvalue weighted by atomic mass is 10.1. The number of nitrogens with zero attached hydrogens (tertiary/aromatic N) is 2. The van der Waals surface area contributed by atoms with E-state index in [-0.39, 0.29) is 29.2 Å². The highest BCUT2D eigenvalue weighted by Gasteiger charge is 2.26. The first kappa shape index (κ1) is 24.0. The van der Waals surface area contributed by atoms with Crippen molar-refractivity contribution in [2.75, 3.05) is 28.6 Å². The lowest BCUT2D eigenvalue weighted by Gasteiger charge is -2.19. The average Bonchev–Trinajstić information content (AvgIpc) is 3.49. The van der Waals surface area contributed by atoms with Crippen LogP contribution in [0.15, 0.2) is 61.3 Å². The summed E-state index contributed by atoms with van der Waals surface area (Å²) in [6.07, 6.45) is 3.37. The molecule has 1 saturated heterocycles. The van der Waals surface area contributed by atoms with Gasteiger partial charge in [0.1, 0.15) is 5.69 Å². The number of amides is 3. The van der Waals surface area contributed by atoms with Crippen LogP contribution in [0, 0.1) is 6.92 Å². The summed E-state index contributed by atoms with van der Waals surface area (Å²) < 4.78 is 0. The Morgan fingerprint density at radius 2 is 1.91 bits per heavy atom. The van der Waals surface area contributed by atoms with Crippen molar-refractivity contribution in [1.29, 1.82) is 0 Å². The SMILES string of the molecule is C=CC(=O)Nc1ccc(N2CC[C@@H](NC(=O)c3[nH]ncc3NC(=O)c3c(C)cccc3Cl)C2)cc1. The van der Waals surface area contributed by atoms with Gasteiger partial charge >= 0.3 is 0 Å². The highest BCUT2D eigenvalue weighted by Crippen LogP contribution is 2.24. The van der Waals surface area contributed by atoms with Crippen molar-refractivity contribution in [3.8, 4) is 0 Å². The van der Waals surface area contributed by atoms with Gasteiger partial charge in [0, 0.05) is 30.5 Å². The first-order chi connectivity index (χ1) is 16.9. The second kappa shape index (κ2) is 10.4. The number of rotatable bonds is 7. The molecule has 9 nitrogen and oxygen atoms in total. The lowest BCUT2D eigenvalue weighted by molar-refractivity contribution is -0.111. The van der Waals surface area contributed by atoms with Gasteiger partial charge in [-0.1, -0.05) is 30.3 Å². The molecule has 0 unspecified atom stereocenters. The number of hydrogen-bond donors (Lipinski definition) is 4. The first-order valence-corrected chi connectivity index (χ1v) is 11.4. The number of H-pyrrole nitrogens is 1. The molecule has 1 aliphatic rings. The number of nitrogens with one attached hydrogen (secondary N) is 4. The van der Waals surface area contributed by atoms with E-state index in [4.69, 9.17) is 11.6 Å². The molecule has 10 heteroatoms. The summed E-state index contributed by atoms with van der Waals surface area (Å²) in [5.74, 6) is -1.04. The molecule has 3 amide bonds. The number of anilines is 3. The summed E-state index contributed by atoms with van der Waals surface area (Å²) in [6.45, 7) is 6.62. The van der Waals surface area contributed by atoms with Crippen LogP contribution < -0.4 is 20.9 Å². The zero-order valence-electron chi connectivity index (χ0n) is 19.1. The fourth-order valence-electron chi connectivity index (χ4n) is 3.98. The molecular formula is C25H25ClN6O3. The van der Waals surface area contributed by atoms with Crippen molar-refractivity contribution >= 4 is 46.4 Å². The second-order valence-corrected chi connectivity index (χ2v) is 8.60. The van der Waals surface area contributed by atoms with Gasteiger partial charge in [0.05, 0.1) is 22.5 Å². The molecule has 0 aliphatic carbocycles. The van der Waals surface area contributed by atoms with Crippen molar-refractivity contribution in [3.63, 3.8) is 0 Å². The maximum Gasteiger partial charge on any atom is 0.271 e. The Kier molecular flexibility index (Phi) is 7.17. The van der Waals surface area contributed by atoms with Crippen LogP contribution in [0.25, 0.3) is 0 Å². The Labute approximate surface area is 207 Å². The lowest BCUT2D eigenvalue weighted by Crippen LogP contribution is -2.37. The molecule has 0 bridgehead atoms. The number of benzene rings is 2. The minimum absolute atomic E-state index is 0.0830. The van der Waals surface area contributed by atoms with Gasteiger partial charge in [-0.15, -0.1) is 0 Å². The quantitative estimate of drug-likeness (QED) is 0.374. The Hall–Kier alpha value is -4.11. The van der Waals surface area contributed by atoms with Crippen LogP contribution in [0.5, 0.6) is 0 Å². The molecule has 1 aromatic heterocycles. The van der Waals surface area contributed by atoms with Gasteiger partial charge in [-0.25, -0.2) is 0 Å². The first-order valence-electron chi connectivity index (χ1n) is 11.0. The molecule has 3 aromatic rings. The van der Waals surface area contributed by atoms with E-state index < -0.39 is 5.91 Å². The van der Waals surface area contributed by atoms with E-state index in [1.807, 2.05) is 24.3 Å². The van der Waals surface area contributed by atoms with E-state index in [2.05, 4.69) is 37.6 Å². The fourth-order valence-corrected chi connectivity index (χ4v) is 4.28. The largest absolute Gasteiger partial charge is 0.369 e. The third-order valence-corrected chi connectivity index (χ3v) is 6.09. The number of aryl methyl sites for hydroxylation is 1. The van der Waals surface area contributed by atoms with Gasteiger partial charge in [0.25, 0.3) is 11.8 Å². The molecule has 2 aromatic carbocycles. The molecule has 2 heterocycles. The standard InChI is InChI=1S/C25H25ClN6O3/c1-3-21(33)28-16-7-9-18(10-8-16)32-12-11-17(14-32)29-25(35)23-20(13-27-31-23)30-24(34)22-15(2)5-4-6-19(22)26/h3-10,13,17H,1,11-12,14H2,2H3,(H,27,31)(H,28,33)(H,29,35)(H,30,34)/t17-/m1/s1. The molecule has 4 rings (SSSR count). The van der Waals surface area contributed by atoms with E-state index in [9.17, 15) is 14.4 Å². The van der Waals surface area contributed by atoms with Crippen molar-refractivity contribution in [2.45, 2.75) is 19.4 Å². The van der Waals surface area contributed by atoms with E-state index in [1.165, 1.54) is 12.3 Å². The summed E-state index contributed by atoms with van der Waals surface area (Å²) >= 11 is 6.19. The van der Waals surface area contributed by atoms with Gasteiger partial charge in [-0.2, -0.15) is 5.10 Å². The Morgan fingerprint density at radius 3 is 2.63 bits per heavy atom. The van der Waals surface area contributed by atoms with Crippen molar-refractivity contribution < 1.29 is 14.4 Å². The van der Waals surface area contributed by atoms with Crippen molar-refractivity contribution in [3.05, 3.63) is 83.2 Å². The van der Waals surface area contributed by atoms with Crippen LogP contribution in [0.1, 0.15) is 32.8 Å². The number of carbonyl (C=O) groups is 3. The van der Waals surface area contributed by atoms with Gasteiger partial charge < -0.3 is 20.9 Å². The maximum atomic E-state index is 12.9. The predicted molar refractivity (Wildman–Crippen MR) is 136 cm³/mol. The highest BCUT2D eigenvalue weighted by molar-refractivity contribution is 6.34. The molecule has 1 fully saturated rings.